The number of nitrogens with zero attached hydrogens (tertiary/aromatic N) is 2. The van der Waals surface area contributed by atoms with E-state index < -0.39 is 0 Å². The Morgan fingerprint density at radius 2 is 2.48 bits per heavy atom. The monoisotopic (exact) mass is 334 g/mol. The first kappa shape index (κ1) is 15.3. The van der Waals surface area contributed by atoms with Gasteiger partial charge in [0.1, 0.15) is 0 Å². The number of hydrogen-bond acceptors (Lipinski definition) is 6. The van der Waals surface area contributed by atoms with Crippen molar-refractivity contribution in [3.63, 3.8) is 0 Å². The molecule has 2 aliphatic heterocycles. The zero-order valence-electron chi connectivity index (χ0n) is 13.4. The summed E-state index contributed by atoms with van der Waals surface area (Å²) in [6.45, 7) is 8.06. The third-order valence-electron chi connectivity index (χ3n) is 4.88. The van der Waals surface area contributed by atoms with Gasteiger partial charge in [-0.2, -0.15) is 0 Å². The van der Waals surface area contributed by atoms with Gasteiger partial charge in [-0.25, -0.2) is 4.98 Å². The van der Waals surface area contributed by atoms with Crippen LogP contribution in [0.5, 0.6) is 0 Å². The fourth-order valence-electron chi connectivity index (χ4n) is 3.74. The second-order valence-electron chi connectivity index (χ2n) is 6.73. The van der Waals surface area contributed by atoms with Gasteiger partial charge in [-0.3, -0.25) is 4.90 Å². The number of likely N-dealkylation sites (tertiary alicyclic amines) is 1. The smallest absolute Gasteiger partial charge is 0.0947 e. The van der Waals surface area contributed by atoms with E-state index in [9.17, 15) is 0 Å². The summed E-state index contributed by atoms with van der Waals surface area (Å²) in [7, 11) is 0. The molecule has 0 aromatic carbocycles. The lowest BCUT2D eigenvalue weighted by atomic mass is 9.82. The Balaban J connectivity index is 1.35. The third kappa shape index (κ3) is 3.21. The topological polar surface area (TPSA) is 47.7 Å². The van der Waals surface area contributed by atoms with Gasteiger partial charge in [0, 0.05) is 41.9 Å². The van der Waals surface area contributed by atoms with Gasteiger partial charge < -0.3 is 13.9 Å². The number of rotatable bonds is 6. The van der Waals surface area contributed by atoms with Crippen molar-refractivity contribution in [3.8, 4) is 0 Å². The summed E-state index contributed by atoms with van der Waals surface area (Å²) in [6, 6.07) is 2.04. The SMILES string of the molecule is Cc1nc(COC[C@]23COC[C@H]2CN(Cc2ccoc2)C3)cs1. The highest BCUT2D eigenvalue weighted by Gasteiger charge is 2.50. The Hall–Kier alpha value is -1.21. The summed E-state index contributed by atoms with van der Waals surface area (Å²) in [5, 5.41) is 3.17. The van der Waals surface area contributed by atoms with Crippen molar-refractivity contribution in [2.45, 2.75) is 20.1 Å². The van der Waals surface area contributed by atoms with Crippen LogP contribution in [0.25, 0.3) is 0 Å². The Morgan fingerprint density at radius 1 is 1.52 bits per heavy atom. The summed E-state index contributed by atoms with van der Waals surface area (Å²) in [4.78, 5) is 6.96. The molecule has 0 unspecified atom stereocenters. The summed E-state index contributed by atoms with van der Waals surface area (Å²) < 4.78 is 17.0. The second-order valence-corrected chi connectivity index (χ2v) is 7.79. The average molecular weight is 334 g/mol. The zero-order chi connectivity index (χ0) is 15.7. The van der Waals surface area contributed by atoms with E-state index in [0.29, 0.717) is 12.5 Å². The van der Waals surface area contributed by atoms with Gasteiger partial charge in [-0.05, 0) is 13.0 Å². The molecule has 2 aromatic rings. The molecule has 0 amide bonds. The second kappa shape index (κ2) is 6.36. The fourth-order valence-corrected chi connectivity index (χ4v) is 4.34. The predicted octanol–water partition coefficient (Wildman–Crippen LogP) is 2.71. The van der Waals surface area contributed by atoms with Gasteiger partial charge in [-0.1, -0.05) is 0 Å². The first-order valence-electron chi connectivity index (χ1n) is 8.03. The van der Waals surface area contributed by atoms with Gasteiger partial charge in [0.25, 0.3) is 0 Å². The number of fused-ring (bicyclic) bond motifs is 1. The van der Waals surface area contributed by atoms with Crippen molar-refractivity contribution in [1.29, 1.82) is 0 Å². The summed E-state index contributed by atoms with van der Waals surface area (Å²) in [6.07, 6.45) is 3.57. The van der Waals surface area contributed by atoms with E-state index in [1.165, 1.54) is 5.56 Å². The zero-order valence-corrected chi connectivity index (χ0v) is 14.2. The number of ether oxygens (including phenoxy) is 2. The minimum absolute atomic E-state index is 0.134. The molecule has 5 nitrogen and oxygen atoms in total. The lowest BCUT2D eigenvalue weighted by molar-refractivity contribution is 0.0172. The van der Waals surface area contributed by atoms with Crippen molar-refractivity contribution >= 4 is 11.3 Å². The maximum atomic E-state index is 6.02. The summed E-state index contributed by atoms with van der Waals surface area (Å²) >= 11 is 1.67. The average Bonchev–Trinajstić information content (AvgIpc) is 3.25. The van der Waals surface area contributed by atoms with Crippen LogP contribution in [0.1, 0.15) is 16.3 Å². The van der Waals surface area contributed by atoms with E-state index in [1.54, 1.807) is 17.6 Å². The molecule has 6 heteroatoms. The van der Waals surface area contributed by atoms with Crippen LogP contribution in [0, 0.1) is 18.3 Å². The molecule has 0 N–H and O–H groups in total. The van der Waals surface area contributed by atoms with Crippen LogP contribution in [0.4, 0.5) is 0 Å². The maximum absolute atomic E-state index is 6.02. The predicted molar refractivity (Wildman–Crippen MR) is 87.2 cm³/mol. The molecule has 124 valence electrons. The van der Waals surface area contributed by atoms with E-state index in [1.807, 2.05) is 19.3 Å². The number of hydrogen-bond donors (Lipinski definition) is 0. The van der Waals surface area contributed by atoms with Crippen LogP contribution in [0.2, 0.25) is 0 Å². The van der Waals surface area contributed by atoms with E-state index in [-0.39, 0.29) is 5.41 Å². The van der Waals surface area contributed by atoms with Crippen LogP contribution in [0.3, 0.4) is 0 Å². The Morgan fingerprint density at radius 3 is 3.26 bits per heavy atom. The Labute approximate surface area is 140 Å². The van der Waals surface area contributed by atoms with Gasteiger partial charge in [0.05, 0.1) is 49.7 Å². The van der Waals surface area contributed by atoms with Crippen LogP contribution >= 0.6 is 11.3 Å². The third-order valence-corrected chi connectivity index (χ3v) is 5.71. The molecule has 2 fully saturated rings. The normalized spacial score (nSPS) is 27.6. The molecule has 2 aliphatic rings. The van der Waals surface area contributed by atoms with Crippen molar-refractivity contribution in [2.75, 3.05) is 32.9 Å². The summed E-state index contributed by atoms with van der Waals surface area (Å²) in [5.41, 5.74) is 2.40. The number of aromatic nitrogens is 1. The van der Waals surface area contributed by atoms with E-state index >= 15 is 0 Å². The molecule has 23 heavy (non-hydrogen) atoms. The molecule has 4 rings (SSSR count). The highest BCUT2D eigenvalue weighted by molar-refractivity contribution is 7.09. The fraction of sp³-hybridized carbons (Fsp3) is 0.588. The first-order chi connectivity index (χ1) is 11.2. The molecule has 0 aliphatic carbocycles. The molecule has 0 radical (unpaired) electrons. The Kier molecular flexibility index (Phi) is 4.24. The number of aryl methyl sites for hydroxylation is 1. The molecular formula is C17H22N2O3S. The minimum Gasteiger partial charge on any atom is -0.472 e. The van der Waals surface area contributed by atoms with Crippen LogP contribution in [-0.4, -0.2) is 42.8 Å². The van der Waals surface area contributed by atoms with Crippen LogP contribution in [-0.2, 0) is 22.6 Å². The molecule has 0 saturated carbocycles. The van der Waals surface area contributed by atoms with E-state index in [0.717, 1.165) is 50.2 Å². The van der Waals surface area contributed by atoms with Crippen molar-refractivity contribution in [1.82, 2.24) is 9.88 Å². The van der Waals surface area contributed by atoms with Gasteiger partial charge in [0.2, 0.25) is 0 Å². The Bertz CT molecular complexity index is 642. The molecule has 4 heterocycles. The quantitative estimate of drug-likeness (QED) is 0.813. The number of thiazole rings is 1. The minimum atomic E-state index is 0.134. The molecule has 2 aromatic heterocycles. The van der Waals surface area contributed by atoms with E-state index in [4.69, 9.17) is 13.9 Å². The summed E-state index contributed by atoms with van der Waals surface area (Å²) in [5.74, 6) is 0.562. The van der Waals surface area contributed by atoms with Crippen molar-refractivity contribution in [3.05, 3.63) is 40.2 Å². The highest BCUT2D eigenvalue weighted by atomic mass is 32.1. The van der Waals surface area contributed by atoms with E-state index in [2.05, 4.69) is 15.3 Å². The first-order valence-corrected chi connectivity index (χ1v) is 8.91. The lowest BCUT2D eigenvalue weighted by Crippen LogP contribution is -2.35. The maximum Gasteiger partial charge on any atom is 0.0947 e. The number of furan rings is 1. The van der Waals surface area contributed by atoms with Crippen LogP contribution in [0.15, 0.2) is 28.4 Å². The van der Waals surface area contributed by atoms with Gasteiger partial charge >= 0.3 is 0 Å². The highest BCUT2D eigenvalue weighted by Crippen LogP contribution is 2.42. The van der Waals surface area contributed by atoms with Gasteiger partial charge in [-0.15, -0.1) is 11.3 Å². The molecule has 2 atom stereocenters. The molecule has 0 bridgehead atoms. The largest absolute Gasteiger partial charge is 0.472 e. The van der Waals surface area contributed by atoms with Crippen LogP contribution < -0.4 is 0 Å². The molecule has 0 spiro atoms. The standard InChI is InChI=1S/C17H22N2O3S/c1-13-18-16(9-23-13)8-22-12-17-10-19(4-14-2-3-20-6-14)5-15(17)7-21-11-17/h2-3,6,9,15H,4-5,7-8,10-12H2,1H3/t15-,17+/m1/s1. The van der Waals surface area contributed by atoms with Gasteiger partial charge in [0.15, 0.2) is 0 Å². The van der Waals surface area contributed by atoms with Crippen molar-refractivity contribution in [2.24, 2.45) is 11.3 Å². The van der Waals surface area contributed by atoms with Crippen molar-refractivity contribution < 1.29 is 13.9 Å². The molecular weight excluding hydrogens is 312 g/mol. The lowest BCUT2D eigenvalue weighted by Gasteiger charge is -2.26. The molecule has 2 saturated heterocycles.